The van der Waals surface area contributed by atoms with E-state index in [9.17, 15) is 9.18 Å². The van der Waals surface area contributed by atoms with E-state index in [1.165, 1.54) is 29.0 Å². The number of nitrogens with one attached hydrogen (secondary N) is 3. The van der Waals surface area contributed by atoms with Crippen molar-refractivity contribution in [3.8, 4) is 22.1 Å². The van der Waals surface area contributed by atoms with Gasteiger partial charge in [0.2, 0.25) is 0 Å². The lowest BCUT2D eigenvalue weighted by Gasteiger charge is -2.31. The molecular formula is C28H29FN6O2S. The van der Waals surface area contributed by atoms with Gasteiger partial charge < -0.3 is 20.7 Å². The third-order valence-corrected chi connectivity index (χ3v) is 7.80. The summed E-state index contributed by atoms with van der Waals surface area (Å²) in [6.07, 6.45) is 5.55. The van der Waals surface area contributed by atoms with Crippen LogP contribution in [-0.2, 0) is 6.54 Å². The Morgan fingerprint density at radius 3 is 2.84 bits per heavy atom. The Hall–Kier alpha value is -3.60. The average molecular weight is 533 g/mol. The number of pyridine rings is 2. The second-order valence-electron chi connectivity index (χ2n) is 9.90. The molecule has 0 bridgehead atoms. The molecule has 2 fully saturated rings. The highest BCUT2D eigenvalue weighted by Crippen LogP contribution is 2.39. The summed E-state index contributed by atoms with van der Waals surface area (Å²) in [5, 5.41) is 8.95. The first-order chi connectivity index (χ1) is 18.5. The fourth-order valence-electron chi connectivity index (χ4n) is 4.56. The second kappa shape index (κ2) is 10.6. The van der Waals surface area contributed by atoms with Crippen molar-refractivity contribution in [2.75, 3.05) is 25.0 Å². The number of hydrogen-bond donors (Lipinski definition) is 3. The zero-order valence-corrected chi connectivity index (χ0v) is 21.9. The van der Waals surface area contributed by atoms with E-state index in [2.05, 4.69) is 38.8 Å². The number of hydrogen-bond acceptors (Lipinski definition) is 7. The fourth-order valence-corrected chi connectivity index (χ4v) is 5.60. The first kappa shape index (κ1) is 24.7. The minimum absolute atomic E-state index is 0.0744. The van der Waals surface area contributed by atoms with Gasteiger partial charge in [-0.05, 0) is 49.6 Å². The molecule has 4 heterocycles. The molecule has 38 heavy (non-hydrogen) atoms. The Morgan fingerprint density at radius 1 is 1.18 bits per heavy atom. The highest BCUT2D eigenvalue weighted by Gasteiger charge is 2.23. The Balaban J connectivity index is 1.16. The van der Waals surface area contributed by atoms with Gasteiger partial charge in [0, 0.05) is 68.5 Å². The van der Waals surface area contributed by atoms with Crippen molar-refractivity contribution in [3.63, 3.8) is 0 Å². The second-order valence-corrected chi connectivity index (χ2v) is 10.9. The van der Waals surface area contributed by atoms with Crippen molar-refractivity contribution in [1.82, 2.24) is 25.5 Å². The Morgan fingerprint density at radius 2 is 2.08 bits per heavy atom. The van der Waals surface area contributed by atoms with Gasteiger partial charge in [0.1, 0.15) is 5.75 Å². The van der Waals surface area contributed by atoms with E-state index in [1.54, 1.807) is 18.3 Å². The minimum atomic E-state index is -0.563. The molecule has 0 radical (unpaired) electrons. The lowest BCUT2D eigenvalue weighted by Crippen LogP contribution is -2.48. The highest BCUT2D eigenvalue weighted by atomic mass is 32.1. The van der Waals surface area contributed by atoms with Gasteiger partial charge in [-0.25, -0.2) is 9.18 Å². The van der Waals surface area contributed by atoms with Crippen molar-refractivity contribution >= 4 is 33.3 Å². The summed E-state index contributed by atoms with van der Waals surface area (Å²) < 4.78 is 21.6. The van der Waals surface area contributed by atoms with Crippen molar-refractivity contribution < 1.29 is 13.9 Å². The average Bonchev–Trinajstić information content (AvgIpc) is 3.60. The molecule has 2 aliphatic rings. The molecule has 2 amide bonds. The third kappa shape index (κ3) is 5.77. The number of carbonyl (C=O) groups excluding carboxylic acids is 1. The smallest absolute Gasteiger partial charge is 0.319 e. The monoisotopic (exact) mass is 532 g/mol. The number of fused-ring (bicyclic) bond motifs is 1. The van der Waals surface area contributed by atoms with Crippen molar-refractivity contribution in [3.05, 3.63) is 66.2 Å². The lowest BCUT2D eigenvalue weighted by molar-refractivity contribution is 0.199. The Kier molecular flexibility index (Phi) is 6.92. The van der Waals surface area contributed by atoms with Crippen LogP contribution in [0.5, 0.6) is 11.5 Å². The number of carbonyl (C=O) groups is 1. The normalized spacial score (nSPS) is 17.9. The van der Waals surface area contributed by atoms with E-state index in [0.717, 1.165) is 59.8 Å². The van der Waals surface area contributed by atoms with Crippen LogP contribution in [0.4, 0.5) is 14.9 Å². The quantitative estimate of drug-likeness (QED) is 0.297. The number of benzene rings is 1. The summed E-state index contributed by atoms with van der Waals surface area (Å²) in [4.78, 5) is 24.5. The number of amides is 2. The van der Waals surface area contributed by atoms with E-state index in [4.69, 9.17) is 9.72 Å². The number of ether oxygens (including phenoxy) is 1. The predicted molar refractivity (Wildman–Crippen MR) is 147 cm³/mol. The summed E-state index contributed by atoms with van der Waals surface area (Å²) in [6, 6.07) is 12.7. The number of aromatic nitrogens is 2. The van der Waals surface area contributed by atoms with Crippen molar-refractivity contribution in [1.29, 1.82) is 0 Å². The molecule has 196 valence electrons. The minimum Gasteiger partial charge on any atom is -0.453 e. The van der Waals surface area contributed by atoms with Crippen molar-refractivity contribution in [2.24, 2.45) is 0 Å². The van der Waals surface area contributed by atoms with Crippen LogP contribution in [0.15, 0.2) is 54.9 Å². The maximum Gasteiger partial charge on any atom is 0.319 e. The molecule has 3 aromatic heterocycles. The van der Waals surface area contributed by atoms with Gasteiger partial charge in [-0.3, -0.25) is 14.9 Å². The van der Waals surface area contributed by atoms with E-state index >= 15 is 0 Å². The van der Waals surface area contributed by atoms with Crippen LogP contribution in [0.25, 0.3) is 20.8 Å². The zero-order valence-electron chi connectivity index (χ0n) is 21.0. The number of piperazine rings is 1. The number of rotatable bonds is 7. The first-order valence-electron chi connectivity index (χ1n) is 12.8. The van der Waals surface area contributed by atoms with Crippen LogP contribution in [0.1, 0.15) is 25.3 Å². The summed E-state index contributed by atoms with van der Waals surface area (Å²) >= 11 is 1.51. The van der Waals surface area contributed by atoms with Crippen LogP contribution < -0.4 is 20.7 Å². The van der Waals surface area contributed by atoms with Gasteiger partial charge in [0.05, 0.1) is 20.8 Å². The SMILES string of the molecule is C[C@@H]1CN(Cc2ccc(-c3cc4nccc(Oc5ccc(NC(=O)NC6CC6)cc5F)c4s3)nc2)CCN1. The van der Waals surface area contributed by atoms with Gasteiger partial charge in [-0.15, -0.1) is 11.3 Å². The molecule has 1 atom stereocenters. The maximum atomic E-state index is 14.8. The number of halogens is 1. The third-order valence-electron chi connectivity index (χ3n) is 6.63. The summed E-state index contributed by atoms with van der Waals surface area (Å²) in [6.45, 7) is 6.16. The van der Waals surface area contributed by atoms with Crippen LogP contribution in [0.2, 0.25) is 0 Å². The number of anilines is 1. The molecule has 10 heteroatoms. The van der Waals surface area contributed by atoms with Gasteiger partial charge in [-0.2, -0.15) is 0 Å². The van der Waals surface area contributed by atoms with E-state index in [0.29, 0.717) is 17.5 Å². The zero-order chi connectivity index (χ0) is 26.1. The van der Waals surface area contributed by atoms with Gasteiger partial charge in [-0.1, -0.05) is 6.07 Å². The van der Waals surface area contributed by atoms with E-state index in [1.807, 2.05) is 18.3 Å². The summed E-state index contributed by atoms with van der Waals surface area (Å²) in [5.41, 5.74) is 3.18. The molecule has 1 saturated carbocycles. The largest absolute Gasteiger partial charge is 0.453 e. The first-order valence-corrected chi connectivity index (χ1v) is 13.7. The van der Waals surface area contributed by atoms with Crippen molar-refractivity contribution in [2.45, 2.75) is 38.4 Å². The molecule has 8 nitrogen and oxygen atoms in total. The molecule has 1 aliphatic heterocycles. The predicted octanol–water partition coefficient (Wildman–Crippen LogP) is 5.37. The van der Waals surface area contributed by atoms with Crippen LogP contribution in [-0.4, -0.2) is 52.6 Å². The van der Waals surface area contributed by atoms with Gasteiger partial charge in [0.25, 0.3) is 0 Å². The van der Waals surface area contributed by atoms with Gasteiger partial charge in [0.15, 0.2) is 11.6 Å². The standard InChI is InChI=1S/C28H29FN6O2S/c1-17-15-35(11-10-30-17)16-18-2-6-22(32-14-18)26-13-23-27(38-26)25(8-9-31-23)37-24-7-5-20(12-21(24)29)34-28(36)33-19-3-4-19/h2,5-9,12-14,17,19,30H,3-4,10-11,15-16H2,1H3,(H2,33,34,36)/t17-/m1/s1. The molecule has 1 aromatic carbocycles. The molecule has 3 N–H and O–H groups in total. The topological polar surface area (TPSA) is 91.4 Å². The maximum absolute atomic E-state index is 14.8. The van der Waals surface area contributed by atoms with Crippen LogP contribution in [0, 0.1) is 5.82 Å². The number of urea groups is 1. The molecule has 1 saturated heterocycles. The number of nitrogens with zero attached hydrogens (tertiary/aromatic N) is 3. The van der Waals surface area contributed by atoms with Gasteiger partial charge >= 0.3 is 6.03 Å². The Bertz CT molecular complexity index is 1460. The lowest BCUT2D eigenvalue weighted by atomic mass is 10.2. The van der Waals surface area contributed by atoms with Crippen LogP contribution >= 0.6 is 11.3 Å². The number of thiophene rings is 1. The molecular weight excluding hydrogens is 503 g/mol. The summed E-state index contributed by atoms with van der Waals surface area (Å²) in [5.74, 6) is 0.0270. The Labute approximate surface area is 224 Å². The highest BCUT2D eigenvalue weighted by molar-refractivity contribution is 7.22. The van der Waals surface area contributed by atoms with E-state index < -0.39 is 5.82 Å². The molecule has 4 aromatic rings. The molecule has 0 spiro atoms. The molecule has 1 aliphatic carbocycles. The molecule has 0 unspecified atom stereocenters. The molecule has 6 rings (SSSR count). The summed E-state index contributed by atoms with van der Waals surface area (Å²) in [7, 11) is 0. The fraction of sp³-hybridized carbons (Fsp3) is 0.321. The van der Waals surface area contributed by atoms with Crippen LogP contribution in [0.3, 0.4) is 0 Å². The van der Waals surface area contributed by atoms with E-state index in [-0.39, 0.29) is 17.8 Å².